The van der Waals surface area contributed by atoms with E-state index >= 15 is 0 Å². The van der Waals surface area contributed by atoms with Crippen LogP contribution in [0.4, 0.5) is 5.69 Å². The van der Waals surface area contributed by atoms with Crippen LogP contribution in [0.5, 0.6) is 0 Å². The fourth-order valence-corrected chi connectivity index (χ4v) is 3.64. The summed E-state index contributed by atoms with van der Waals surface area (Å²) in [5.41, 5.74) is 3.13. The molecule has 1 heterocycles. The maximum Gasteiger partial charge on any atom is 0.0652 e. The molecule has 1 aliphatic carbocycles. The second kappa shape index (κ2) is 4.24. The molecule has 3 heteroatoms. The number of benzene rings is 1. The molecule has 2 nitrogen and oxygen atoms in total. The fraction of sp³-hybridized carbons (Fsp3) is 0.600. The molecular formula is C15H20BrNO. The Morgan fingerprint density at radius 1 is 1.22 bits per heavy atom. The van der Waals surface area contributed by atoms with Crippen LogP contribution in [-0.4, -0.2) is 18.2 Å². The molecule has 0 saturated heterocycles. The summed E-state index contributed by atoms with van der Waals surface area (Å²) < 4.78 is 6.80. The van der Waals surface area contributed by atoms with Crippen LogP contribution >= 0.6 is 15.9 Å². The molecule has 98 valence electrons. The van der Waals surface area contributed by atoms with Gasteiger partial charge in [0.2, 0.25) is 0 Å². The minimum atomic E-state index is 0.0856. The molecule has 3 rings (SSSR count). The van der Waals surface area contributed by atoms with Crippen LogP contribution in [0.3, 0.4) is 0 Å². The van der Waals surface area contributed by atoms with Crippen LogP contribution in [0.1, 0.15) is 38.2 Å². The first-order valence-electron chi connectivity index (χ1n) is 6.66. The van der Waals surface area contributed by atoms with E-state index in [0.29, 0.717) is 0 Å². The van der Waals surface area contributed by atoms with Crippen molar-refractivity contribution in [2.24, 2.45) is 0 Å². The number of hydrogen-bond donors (Lipinski definition) is 1. The first-order chi connectivity index (χ1) is 8.54. The Balaban J connectivity index is 1.78. The molecule has 1 aliphatic heterocycles. The Kier molecular flexibility index (Phi) is 2.94. The number of nitrogens with one attached hydrogen (secondary N) is 1. The molecule has 0 amide bonds. The van der Waals surface area contributed by atoms with Gasteiger partial charge in [0.15, 0.2) is 0 Å². The van der Waals surface area contributed by atoms with Gasteiger partial charge >= 0.3 is 0 Å². The maximum absolute atomic E-state index is 5.64. The van der Waals surface area contributed by atoms with Gasteiger partial charge in [0.1, 0.15) is 0 Å². The molecule has 1 N–H and O–H groups in total. The van der Waals surface area contributed by atoms with Gasteiger partial charge in [-0.15, -0.1) is 0 Å². The zero-order valence-corrected chi connectivity index (χ0v) is 12.6. The van der Waals surface area contributed by atoms with Crippen molar-refractivity contribution in [2.45, 2.75) is 50.2 Å². The van der Waals surface area contributed by atoms with E-state index in [1.807, 2.05) is 7.11 Å². The number of rotatable bonds is 1. The Morgan fingerprint density at radius 2 is 1.94 bits per heavy atom. The standard InChI is InChI=1S/C15H20BrNO/c1-14(18-2)5-7-15(8-6-14)10-11-3-4-12(16)9-13(11)17-15/h3-4,9,17H,5-8,10H2,1-2H3. The van der Waals surface area contributed by atoms with Crippen LogP contribution in [0, 0.1) is 0 Å². The van der Waals surface area contributed by atoms with Gasteiger partial charge < -0.3 is 10.1 Å². The van der Waals surface area contributed by atoms with Crippen molar-refractivity contribution in [1.82, 2.24) is 0 Å². The number of halogens is 1. The van der Waals surface area contributed by atoms with Gasteiger partial charge in [0, 0.05) is 22.8 Å². The Bertz CT molecular complexity index is 464. The highest BCUT2D eigenvalue weighted by Crippen LogP contribution is 2.45. The minimum absolute atomic E-state index is 0.0856. The van der Waals surface area contributed by atoms with E-state index in [1.54, 1.807) is 0 Å². The van der Waals surface area contributed by atoms with Crippen LogP contribution < -0.4 is 5.32 Å². The molecule has 0 atom stereocenters. The number of methoxy groups -OCH3 is 1. The minimum Gasteiger partial charge on any atom is -0.379 e. The predicted octanol–water partition coefficient (Wildman–Crippen LogP) is 4.14. The molecule has 1 saturated carbocycles. The van der Waals surface area contributed by atoms with E-state index in [9.17, 15) is 0 Å². The molecule has 1 aromatic rings. The van der Waals surface area contributed by atoms with E-state index in [-0.39, 0.29) is 11.1 Å². The third-order valence-corrected chi connectivity index (χ3v) is 5.25. The third kappa shape index (κ3) is 2.08. The SMILES string of the molecule is COC1(C)CCC2(CC1)Cc1ccc(Br)cc1N2. The largest absolute Gasteiger partial charge is 0.379 e. The van der Waals surface area contributed by atoms with Crippen molar-refractivity contribution >= 4 is 21.6 Å². The molecule has 0 unspecified atom stereocenters. The number of hydrogen-bond acceptors (Lipinski definition) is 2. The average molecular weight is 310 g/mol. The van der Waals surface area contributed by atoms with Gasteiger partial charge in [0.25, 0.3) is 0 Å². The molecule has 2 aliphatic rings. The molecular weight excluding hydrogens is 290 g/mol. The summed E-state index contributed by atoms with van der Waals surface area (Å²) in [5, 5.41) is 3.77. The van der Waals surface area contributed by atoms with Crippen LogP contribution in [0.15, 0.2) is 22.7 Å². The molecule has 18 heavy (non-hydrogen) atoms. The second-order valence-corrected chi connectivity index (χ2v) is 6.95. The predicted molar refractivity (Wildman–Crippen MR) is 78.1 cm³/mol. The first-order valence-corrected chi connectivity index (χ1v) is 7.45. The number of ether oxygens (including phenoxy) is 1. The highest BCUT2D eigenvalue weighted by atomic mass is 79.9. The molecule has 1 spiro atoms. The molecule has 0 aromatic heterocycles. The highest BCUT2D eigenvalue weighted by Gasteiger charge is 2.43. The lowest BCUT2D eigenvalue weighted by molar-refractivity contribution is -0.0349. The van der Waals surface area contributed by atoms with E-state index in [4.69, 9.17) is 4.74 Å². The smallest absolute Gasteiger partial charge is 0.0652 e. The lowest BCUT2D eigenvalue weighted by Crippen LogP contribution is -2.46. The monoisotopic (exact) mass is 309 g/mol. The van der Waals surface area contributed by atoms with Crippen molar-refractivity contribution < 1.29 is 4.74 Å². The van der Waals surface area contributed by atoms with Crippen molar-refractivity contribution in [3.05, 3.63) is 28.2 Å². The van der Waals surface area contributed by atoms with Crippen molar-refractivity contribution in [1.29, 1.82) is 0 Å². The zero-order valence-electron chi connectivity index (χ0n) is 11.1. The van der Waals surface area contributed by atoms with Crippen molar-refractivity contribution in [3.63, 3.8) is 0 Å². The first kappa shape index (κ1) is 12.5. The van der Waals surface area contributed by atoms with Gasteiger partial charge in [-0.25, -0.2) is 0 Å². The van der Waals surface area contributed by atoms with E-state index in [2.05, 4.69) is 46.4 Å². The van der Waals surface area contributed by atoms with E-state index < -0.39 is 0 Å². The second-order valence-electron chi connectivity index (χ2n) is 6.04. The Labute approximate surface area is 117 Å². The quantitative estimate of drug-likeness (QED) is 0.842. The number of anilines is 1. The summed E-state index contributed by atoms with van der Waals surface area (Å²) >= 11 is 3.55. The number of fused-ring (bicyclic) bond motifs is 1. The summed E-state index contributed by atoms with van der Waals surface area (Å²) in [5.74, 6) is 0. The van der Waals surface area contributed by atoms with Gasteiger partial charge in [0.05, 0.1) is 5.60 Å². The van der Waals surface area contributed by atoms with Gasteiger partial charge in [-0.2, -0.15) is 0 Å². The molecule has 1 fully saturated rings. The highest BCUT2D eigenvalue weighted by molar-refractivity contribution is 9.10. The average Bonchev–Trinajstić information content (AvgIpc) is 2.71. The summed E-state index contributed by atoms with van der Waals surface area (Å²) in [7, 11) is 1.84. The van der Waals surface area contributed by atoms with E-state index in [1.165, 1.54) is 24.1 Å². The summed E-state index contributed by atoms with van der Waals surface area (Å²) in [6.45, 7) is 2.23. The lowest BCUT2D eigenvalue weighted by atomic mass is 9.73. The Morgan fingerprint density at radius 3 is 2.61 bits per heavy atom. The van der Waals surface area contributed by atoms with Gasteiger partial charge in [-0.3, -0.25) is 0 Å². The molecule has 0 bridgehead atoms. The summed E-state index contributed by atoms with van der Waals surface area (Å²) in [6, 6.07) is 6.58. The zero-order chi connectivity index (χ0) is 12.8. The summed E-state index contributed by atoms with van der Waals surface area (Å²) in [6.07, 6.45) is 5.85. The normalized spacial score (nSPS) is 34.4. The fourth-order valence-electron chi connectivity index (χ4n) is 3.28. The molecule has 0 radical (unpaired) electrons. The lowest BCUT2D eigenvalue weighted by Gasteiger charge is -2.42. The van der Waals surface area contributed by atoms with Gasteiger partial charge in [-0.05, 0) is 56.7 Å². The van der Waals surface area contributed by atoms with E-state index in [0.717, 1.165) is 23.7 Å². The van der Waals surface area contributed by atoms with Crippen molar-refractivity contribution in [3.8, 4) is 0 Å². The van der Waals surface area contributed by atoms with Crippen LogP contribution in [0.2, 0.25) is 0 Å². The van der Waals surface area contributed by atoms with Crippen LogP contribution in [-0.2, 0) is 11.2 Å². The van der Waals surface area contributed by atoms with Crippen molar-refractivity contribution in [2.75, 3.05) is 12.4 Å². The van der Waals surface area contributed by atoms with Crippen LogP contribution in [0.25, 0.3) is 0 Å². The Hall–Kier alpha value is -0.540. The topological polar surface area (TPSA) is 21.3 Å². The molecule has 1 aromatic carbocycles. The van der Waals surface area contributed by atoms with Gasteiger partial charge in [-0.1, -0.05) is 22.0 Å². The third-order valence-electron chi connectivity index (χ3n) is 4.76. The summed E-state index contributed by atoms with van der Waals surface area (Å²) in [4.78, 5) is 0. The maximum atomic E-state index is 5.64.